The molecule has 8 heteroatoms. The average molecular weight is 452 g/mol. The van der Waals surface area contributed by atoms with Crippen LogP contribution in [0.1, 0.15) is 12.0 Å². The van der Waals surface area contributed by atoms with Crippen molar-refractivity contribution in [2.24, 2.45) is 0 Å². The number of para-hydroxylation sites is 1. The van der Waals surface area contributed by atoms with Gasteiger partial charge in [0.05, 0.1) is 17.5 Å². The molecule has 1 N–H and O–H groups in total. The number of rotatable bonds is 8. The summed E-state index contributed by atoms with van der Waals surface area (Å²) < 4.78 is 39.3. The summed E-state index contributed by atoms with van der Waals surface area (Å²) in [6, 6.07) is 20.4. The maximum Gasteiger partial charge on any atom is 0.303 e. The van der Waals surface area contributed by atoms with Gasteiger partial charge in [-0.1, -0.05) is 24.3 Å². The second kappa shape index (κ2) is 8.76. The third-order valence-corrected chi connectivity index (χ3v) is 6.68. The maximum atomic E-state index is 13.5. The summed E-state index contributed by atoms with van der Waals surface area (Å²) in [5, 5.41) is 9.71. The van der Waals surface area contributed by atoms with E-state index in [-0.39, 0.29) is 17.7 Å². The van der Waals surface area contributed by atoms with E-state index in [1.807, 2.05) is 18.2 Å². The van der Waals surface area contributed by atoms with Gasteiger partial charge in [0.2, 0.25) is 0 Å². The number of carboxylic acid groups (broad SMARTS) is 1. The molecule has 0 saturated heterocycles. The molecule has 32 heavy (non-hydrogen) atoms. The molecule has 0 aliphatic rings. The van der Waals surface area contributed by atoms with Gasteiger partial charge in [-0.2, -0.15) is 0 Å². The Morgan fingerprint density at radius 3 is 2.41 bits per heavy atom. The van der Waals surface area contributed by atoms with Crippen LogP contribution in [0.3, 0.4) is 0 Å². The smallest absolute Gasteiger partial charge is 0.303 e. The summed E-state index contributed by atoms with van der Waals surface area (Å²) in [7, 11) is -2.45. The number of carboxylic acids is 1. The average Bonchev–Trinajstić information content (AvgIpc) is 3.17. The Hall–Kier alpha value is -3.78. The highest BCUT2D eigenvalue weighted by Gasteiger charge is 2.22. The van der Waals surface area contributed by atoms with Gasteiger partial charge in [-0.05, 0) is 54.4 Å². The number of benzene rings is 3. The molecule has 0 aliphatic carbocycles. The molecule has 4 rings (SSSR count). The third kappa shape index (κ3) is 4.31. The zero-order valence-electron chi connectivity index (χ0n) is 17.3. The van der Waals surface area contributed by atoms with Gasteiger partial charge in [0, 0.05) is 24.1 Å². The third-order valence-electron chi connectivity index (χ3n) is 5.01. The molecule has 164 valence electrons. The second-order valence-electron chi connectivity index (χ2n) is 7.12. The molecule has 0 amide bonds. The molecule has 0 fully saturated rings. The monoisotopic (exact) mass is 451 g/mol. The molecule has 0 atom stereocenters. The van der Waals surface area contributed by atoms with Gasteiger partial charge in [-0.15, -0.1) is 0 Å². The Kier molecular flexibility index (Phi) is 5.87. The number of hydrogen-bond acceptors (Lipinski definition) is 5. The van der Waals surface area contributed by atoms with Gasteiger partial charge < -0.3 is 14.6 Å². The summed E-state index contributed by atoms with van der Waals surface area (Å²) in [4.78, 5) is 11.1. The predicted molar refractivity (Wildman–Crippen MR) is 120 cm³/mol. The highest BCUT2D eigenvalue weighted by atomic mass is 32.2. The van der Waals surface area contributed by atoms with Crippen molar-refractivity contribution < 1.29 is 27.8 Å². The zero-order valence-corrected chi connectivity index (χ0v) is 18.1. The van der Waals surface area contributed by atoms with E-state index in [0.29, 0.717) is 33.7 Å². The molecule has 3 aromatic carbocycles. The van der Waals surface area contributed by atoms with Crippen molar-refractivity contribution in [1.82, 2.24) is 3.97 Å². The van der Waals surface area contributed by atoms with E-state index in [1.165, 1.54) is 29.4 Å². The van der Waals surface area contributed by atoms with E-state index < -0.39 is 16.0 Å². The zero-order chi connectivity index (χ0) is 22.7. The Labute approximate surface area is 185 Å². The van der Waals surface area contributed by atoms with Crippen molar-refractivity contribution in [1.29, 1.82) is 0 Å². The lowest BCUT2D eigenvalue weighted by atomic mass is 10.1. The molecule has 7 nitrogen and oxygen atoms in total. The highest BCUT2D eigenvalue weighted by molar-refractivity contribution is 7.90. The van der Waals surface area contributed by atoms with Crippen LogP contribution in [0, 0.1) is 0 Å². The lowest BCUT2D eigenvalue weighted by Gasteiger charge is -2.10. The molecular formula is C24H21NO6S. The van der Waals surface area contributed by atoms with Crippen molar-refractivity contribution in [2.75, 3.05) is 7.11 Å². The first-order chi connectivity index (χ1) is 15.4. The van der Waals surface area contributed by atoms with E-state index in [4.69, 9.17) is 14.6 Å². The van der Waals surface area contributed by atoms with E-state index in [1.54, 1.807) is 42.5 Å². The lowest BCUT2D eigenvalue weighted by Crippen LogP contribution is -2.12. The van der Waals surface area contributed by atoms with Crippen molar-refractivity contribution in [3.8, 4) is 17.2 Å². The topological polar surface area (TPSA) is 94.8 Å². The molecule has 0 unspecified atom stereocenters. The molecule has 4 aromatic rings. The number of ether oxygens (including phenoxy) is 2. The quantitative estimate of drug-likeness (QED) is 0.417. The van der Waals surface area contributed by atoms with Gasteiger partial charge in [0.25, 0.3) is 10.0 Å². The fourth-order valence-corrected chi connectivity index (χ4v) is 4.88. The molecule has 0 radical (unpaired) electrons. The number of hydrogen-bond donors (Lipinski definition) is 1. The number of aliphatic carboxylic acids is 1. The molecule has 0 spiro atoms. The fourth-order valence-electron chi connectivity index (χ4n) is 3.45. The number of carbonyl (C=O) groups is 1. The molecule has 1 heterocycles. The van der Waals surface area contributed by atoms with Crippen LogP contribution in [0.4, 0.5) is 0 Å². The van der Waals surface area contributed by atoms with Crippen molar-refractivity contribution in [3.63, 3.8) is 0 Å². The lowest BCUT2D eigenvalue weighted by molar-refractivity contribution is -0.136. The minimum atomic E-state index is -3.97. The summed E-state index contributed by atoms with van der Waals surface area (Å²) in [6.45, 7) is 0. The normalized spacial score (nSPS) is 11.4. The SMILES string of the molecule is COc1ccc2c(c1)c(CCC(=O)O)cn2S(=O)(=O)c1cccc(Oc2ccccc2)c1. The van der Waals surface area contributed by atoms with Crippen molar-refractivity contribution in [3.05, 3.63) is 84.6 Å². The number of methoxy groups -OCH3 is 1. The Bertz CT molecular complexity index is 1380. The van der Waals surface area contributed by atoms with Crippen molar-refractivity contribution in [2.45, 2.75) is 17.7 Å². The number of fused-ring (bicyclic) bond motifs is 1. The van der Waals surface area contributed by atoms with Gasteiger partial charge in [-0.25, -0.2) is 12.4 Å². The van der Waals surface area contributed by atoms with Crippen LogP contribution in [0.25, 0.3) is 10.9 Å². The summed E-state index contributed by atoms with van der Waals surface area (Å²) in [5.74, 6) is 0.586. The first-order valence-corrected chi connectivity index (χ1v) is 11.3. The molecular weight excluding hydrogens is 430 g/mol. The van der Waals surface area contributed by atoms with Crippen LogP contribution in [0.15, 0.2) is 83.9 Å². The van der Waals surface area contributed by atoms with Crippen molar-refractivity contribution >= 4 is 26.9 Å². The highest BCUT2D eigenvalue weighted by Crippen LogP contribution is 2.31. The molecule has 1 aromatic heterocycles. The van der Waals surface area contributed by atoms with Crippen LogP contribution in [-0.2, 0) is 21.2 Å². The summed E-state index contributed by atoms with van der Waals surface area (Å²) in [6.07, 6.45) is 1.56. The van der Waals surface area contributed by atoms with Crippen LogP contribution in [0.5, 0.6) is 17.2 Å². The Balaban J connectivity index is 1.77. The molecule has 0 aliphatic heterocycles. The van der Waals surface area contributed by atoms with E-state index in [0.717, 1.165) is 0 Å². The Morgan fingerprint density at radius 2 is 1.69 bits per heavy atom. The maximum absolute atomic E-state index is 13.5. The molecule has 0 bridgehead atoms. The summed E-state index contributed by atoms with van der Waals surface area (Å²) in [5.41, 5.74) is 1.06. The predicted octanol–water partition coefficient (Wildman–Crippen LogP) is 4.70. The van der Waals surface area contributed by atoms with Crippen LogP contribution in [-0.4, -0.2) is 30.6 Å². The number of aryl methyl sites for hydroxylation is 1. The minimum absolute atomic E-state index is 0.0587. The van der Waals surface area contributed by atoms with Gasteiger partial charge in [0.1, 0.15) is 17.2 Å². The van der Waals surface area contributed by atoms with E-state index in [2.05, 4.69) is 0 Å². The van der Waals surface area contributed by atoms with Gasteiger partial charge in [-0.3, -0.25) is 4.79 Å². The summed E-state index contributed by atoms with van der Waals surface area (Å²) >= 11 is 0. The minimum Gasteiger partial charge on any atom is -0.497 e. The standard InChI is InChI=1S/C24H21NO6S/c1-30-19-11-12-23-22(15-19)17(10-13-24(26)27)16-25(23)32(28,29)21-9-5-8-20(14-21)31-18-6-3-2-4-7-18/h2-9,11-12,14-16H,10,13H2,1H3,(H,26,27). The van der Waals surface area contributed by atoms with E-state index in [9.17, 15) is 13.2 Å². The number of nitrogens with zero attached hydrogens (tertiary/aromatic N) is 1. The molecule has 0 saturated carbocycles. The fraction of sp³-hybridized carbons (Fsp3) is 0.125. The first kappa shape index (κ1) is 21.5. The van der Waals surface area contributed by atoms with Gasteiger partial charge >= 0.3 is 5.97 Å². The first-order valence-electron chi connectivity index (χ1n) is 9.87. The Morgan fingerprint density at radius 1 is 0.938 bits per heavy atom. The van der Waals surface area contributed by atoms with Gasteiger partial charge in [0.15, 0.2) is 0 Å². The van der Waals surface area contributed by atoms with Crippen LogP contribution < -0.4 is 9.47 Å². The largest absolute Gasteiger partial charge is 0.497 e. The van der Waals surface area contributed by atoms with Crippen LogP contribution >= 0.6 is 0 Å². The number of aromatic nitrogens is 1. The van der Waals surface area contributed by atoms with E-state index >= 15 is 0 Å². The van der Waals surface area contributed by atoms with Crippen LogP contribution in [0.2, 0.25) is 0 Å². The second-order valence-corrected chi connectivity index (χ2v) is 8.94.